The first-order valence-electron chi connectivity index (χ1n) is 6.77. The minimum Gasteiger partial charge on any atom is -0.381 e. The second-order valence-corrected chi connectivity index (χ2v) is 4.87. The summed E-state index contributed by atoms with van der Waals surface area (Å²) in [4.78, 5) is 0. The van der Waals surface area contributed by atoms with Gasteiger partial charge in [0.15, 0.2) is 0 Å². The largest absolute Gasteiger partial charge is 0.381 e. The van der Waals surface area contributed by atoms with E-state index in [0.717, 1.165) is 29.8 Å². The minimum absolute atomic E-state index is 0.176. The molecule has 0 atom stereocenters. The molecule has 0 aliphatic rings. The van der Waals surface area contributed by atoms with E-state index in [4.69, 9.17) is 0 Å². The molecule has 0 radical (unpaired) electrons. The van der Waals surface area contributed by atoms with Crippen molar-refractivity contribution >= 4 is 5.69 Å². The van der Waals surface area contributed by atoms with Crippen LogP contribution < -0.4 is 5.32 Å². The third kappa shape index (κ3) is 3.82. The van der Waals surface area contributed by atoms with E-state index in [2.05, 4.69) is 36.5 Å². The van der Waals surface area contributed by atoms with Crippen molar-refractivity contribution in [2.75, 3.05) is 5.32 Å². The van der Waals surface area contributed by atoms with E-state index in [1.54, 1.807) is 6.07 Å². The number of anilines is 1. The van der Waals surface area contributed by atoms with Gasteiger partial charge in [-0.2, -0.15) is 0 Å². The Kier molecular flexibility index (Phi) is 4.56. The Labute approximate surface area is 114 Å². The Morgan fingerprint density at radius 2 is 1.79 bits per heavy atom. The molecule has 0 aliphatic heterocycles. The highest BCUT2D eigenvalue weighted by Gasteiger charge is 2.00. The highest BCUT2D eigenvalue weighted by molar-refractivity contribution is 5.45. The van der Waals surface area contributed by atoms with Gasteiger partial charge in [0.25, 0.3) is 0 Å². The molecule has 0 amide bonds. The van der Waals surface area contributed by atoms with E-state index < -0.39 is 0 Å². The van der Waals surface area contributed by atoms with Crippen LogP contribution in [0, 0.1) is 12.7 Å². The zero-order valence-corrected chi connectivity index (χ0v) is 11.5. The van der Waals surface area contributed by atoms with Crippen molar-refractivity contribution in [1.29, 1.82) is 0 Å². The van der Waals surface area contributed by atoms with Crippen molar-refractivity contribution in [3.05, 3.63) is 65.0 Å². The fourth-order valence-electron chi connectivity index (χ4n) is 2.13. The van der Waals surface area contributed by atoms with Crippen LogP contribution in [-0.2, 0) is 13.0 Å². The maximum Gasteiger partial charge on any atom is 0.123 e. The molecule has 19 heavy (non-hydrogen) atoms. The molecule has 0 spiro atoms. The number of nitrogens with one attached hydrogen (secondary N) is 1. The van der Waals surface area contributed by atoms with Crippen LogP contribution in [0.1, 0.15) is 30.0 Å². The lowest BCUT2D eigenvalue weighted by atomic mass is 10.1. The van der Waals surface area contributed by atoms with Crippen LogP contribution in [0.5, 0.6) is 0 Å². The molecule has 0 unspecified atom stereocenters. The first-order chi connectivity index (χ1) is 9.19. The summed E-state index contributed by atoms with van der Waals surface area (Å²) >= 11 is 0. The van der Waals surface area contributed by atoms with Gasteiger partial charge in [0.2, 0.25) is 0 Å². The Hall–Kier alpha value is -1.83. The summed E-state index contributed by atoms with van der Waals surface area (Å²) in [6.45, 7) is 4.84. The number of halogens is 1. The van der Waals surface area contributed by atoms with Gasteiger partial charge >= 0.3 is 0 Å². The molecule has 0 heterocycles. The van der Waals surface area contributed by atoms with Crippen LogP contribution in [-0.4, -0.2) is 0 Å². The standard InChI is InChI=1S/C17H20FN/c1-3-4-14-5-9-17(10-6-14)19-12-15-7-8-16(18)11-13(15)2/h5-11,19H,3-4,12H2,1-2H3. The second-order valence-electron chi connectivity index (χ2n) is 4.87. The molecule has 0 bridgehead atoms. The lowest BCUT2D eigenvalue weighted by Crippen LogP contribution is -2.01. The highest BCUT2D eigenvalue weighted by atomic mass is 19.1. The van der Waals surface area contributed by atoms with E-state index in [-0.39, 0.29) is 5.82 Å². The van der Waals surface area contributed by atoms with Crippen molar-refractivity contribution in [2.45, 2.75) is 33.2 Å². The van der Waals surface area contributed by atoms with Crippen molar-refractivity contribution in [3.8, 4) is 0 Å². The van der Waals surface area contributed by atoms with Crippen LogP contribution in [0.25, 0.3) is 0 Å². The summed E-state index contributed by atoms with van der Waals surface area (Å²) < 4.78 is 13.0. The van der Waals surface area contributed by atoms with E-state index >= 15 is 0 Å². The van der Waals surface area contributed by atoms with Crippen molar-refractivity contribution in [1.82, 2.24) is 0 Å². The molecular weight excluding hydrogens is 237 g/mol. The van der Waals surface area contributed by atoms with Crippen LogP contribution >= 0.6 is 0 Å². The van der Waals surface area contributed by atoms with E-state index in [1.807, 2.05) is 13.0 Å². The molecule has 1 nitrogen and oxygen atoms in total. The van der Waals surface area contributed by atoms with E-state index in [9.17, 15) is 4.39 Å². The Balaban J connectivity index is 1.98. The van der Waals surface area contributed by atoms with Crippen LogP contribution in [0.15, 0.2) is 42.5 Å². The maximum absolute atomic E-state index is 13.0. The zero-order chi connectivity index (χ0) is 13.7. The number of hydrogen-bond donors (Lipinski definition) is 1. The van der Waals surface area contributed by atoms with Gasteiger partial charge in [-0.25, -0.2) is 4.39 Å². The summed E-state index contributed by atoms with van der Waals surface area (Å²) in [6.07, 6.45) is 2.29. The Morgan fingerprint density at radius 1 is 1.05 bits per heavy atom. The predicted molar refractivity (Wildman–Crippen MR) is 78.9 cm³/mol. The molecule has 2 rings (SSSR count). The fraction of sp³-hybridized carbons (Fsp3) is 0.294. The first-order valence-corrected chi connectivity index (χ1v) is 6.77. The number of hydrogen-bond acceptors (Lipinski definition) is 1. The molecular formula is C17H20FN. The van der Waals surface area contributed by atoms with E-state index in [0.29, 0.717) is 0 Å². The Morgan fingerprint density at radius 3 is 2.42 bits per heavy atom. The average molecular weight is 257 g/mol. The first kappa shape index (κ1) is 13.6. The van der Waals surface area contributed by atoms with Gasteiger partial charge in [-0.1, -0.05) is 31.5 Å². The second kappa shape index (κ2) is 6.37. The molecule has 0 aliphatic carbocycles. The van der Waals surface area contributed by atoms with Gasteiger partial charge in [0, 0.05) is 12.2 Å². The van der Waals surface area contributed by atoms with Gasteiger partial charge in [-0.15, -0.1) is 0 Å². The van der Waals surface area contributed by atoms with Crippen LogP contribution in [0.4, 0.5) is 10.1 Å². The lowest BCUT2D eigenvalue weighted by molar-refractivity contribution is 0.625. The zero-order valence-electron chi connectivity index (χ0n) is 11.5. The summed E-state index contributed by atoms with van der Waals surface area (Å²) in [5, 5.41) is 3.37. The summed E-state index contributed by atoms with van der Waals surface area (Å²) in [5.41, 5.74) is 4.57. The molecule has 0 saturated carbocycles. The minimum atomic E-state index is -0.176. The Bertz CT molecular complexity index is 531. The summed E-state index contributed by atoms with van der Waals surface area (Å²) in [6, 6.07) is 13.4. The highest BCUT2D eigenvalue weighted by Crippen LogP contribution is 2.15. The number of benzene rings is 2. The van der Waals surface area contributed by atoms with Crippen molar-refractivity contribution in [2.24, 2.45) is 0 Å². The number of aryl methyl sites for hydroxylation is 2. The van der Waals surface area contributed by atoms with Crippen molar-refractivity contribution < 1.29 is 4.39 Å². The van der Waals surface area contributed by atoms with Gasteiger partial charge in [0.05, 0.1) is 0 Å². The van der Waals surface area contributed by atoms with Gasteiger partial charge in [-0.3, -0.25) is 0 Å². The topological polar surface area (TPSA) is 12.0 Å². The third-order valence-electron chi connectivity index (χ3n) is 3.28. The monoisotopic (exact) mass is 257 g/mol. The molecule has 100 valence electrons. The fourth-order valence-corrected chi connectivity index (χ4v) is 2.13. The lowest BCUT2D eigenvalue weighted by Gasteiger charge is -2.10. The average Bonchev–Trinajstić information content (AvgIpc) is 2.40. The van der Waals surface area contributed by atoms with Crippen molar-refractivity contribution in [3.63, 3.8) is 0 Å². The van der Waals surface area contributed by atoms with Gasteiger partial charge in [-0.05, 0) is 54.3 Å². The molecule has 2 aromatic carbocycles. The molecule has 2 heteroatoms. The normalized spacial score (nSPS) is 10.5. The van der Waals surface area contributed by atoms with Crippen LogP contribution in [0.2, 0.25) is 0 Å². The quantitative estimate of drug-likeness (QED) is 0.818. The molecule has 0 aromatic heterocycles. The molecule has 2 aromatic rings. The molecule has 0 saturated heterocycles. The van der Waals surface area contributed by atoms with Gasteiger partial charge < -0.3 is 5.32 Å². The van der Waals surface area contributed by atoms with Gasteiger partial charge in [0.1, 0.15) is 5.82 Å². The van der Waals surface area contributed by atoms with Crippen LogP contribution in [0.3, 0.4) is 0 Å². The number of rotatable bonds is 5. The summed E-state index contributed by atoms with van der Waals surface area (Å²) in [5.74, 6) is -0.176. The maximum atomic E-state index is 13.0. The smallest absolute Gasteiger partial charge is 0.123 e. The molecule has 0 fully saturated rings. The third-order valence-corrected chi connectivity index (χ3v) is 3.28. The predicted octanol–water partition coefficient (Wildman–Crippen LogP) is 4.70. The molecule has 1 N–H and O–H groups in total. The SMILES string of the molecule is CCCc1ccc(NCc2ccc(F)cc2C)cc1. The van der Waals surface area contributed by atoms with E-state index in [1.165, 1.54) is 18.1 Å². The summed E-state index contributed by atoms with van der Waals surface area (Å²) in [7, 11) is 0.